The fraction of sp³-hybridized carbons (Fsp3) is 0.526. The van der Waals surface area contributed by atoms with E-state index < -0.39 is 0 Å². The van der Waals surface area contributed by atoms with Crippen LogP contribution in [0.15, 0.2) is 12.1 Å². The molecule has 0 unspecified atom stereocenters. The van der Waals surface area contributed by atoms with Crippen LogP contribution in [0.3, 0.4) is 0 Å². The van der Waals surface area contributed by atoms with Crippen LogP contribution in [0.25, 0.3) is 0 Å². The number of nitrogens with zero attached hydrogens (tertiary/aromatic N) is 2. The number of anilines is 1. The van der Waals surface area contributed by atoms with Gasteiger partial charge in [-0.25, -0.2) is 0 Å². The molecule has 0 aliphatic carbocycles. The average Bonchev–Trinajstić information content (AvgIpc) is 3.12. The second kappa shape index (κ2) is 11.5. The lowest BCUT2D eigenvalue weighted by Crippen LogP contribution is -2.13. The molecule has 28 heavy (non-hydrogen) atoms. The third kappa shape index (κ3) is 6.07. The summed E-state index contributed by atoms with van der Waals surface area (Å²) in [6, 6.07) is 3.28. The van der Waals surface area contributed by atoms with Crippen LogP contribution in [0.1, 0.15) is 43.1 Å². The molecular weight excluding hydrogens is 382 g/mol. The third-order valence-corrected chi connectivity index (χ3v) is 4.42. The number of amides is 1. The fourth-order valence-electron chi connectivity index (χ4n) is 2.40. The van der Waals surface area contributed by atoms with Gasteiger partial charge in [0.05, 0.1) is 26.4 Å². The van der Waals surface area contributed by atoms with Crippen molar-refractivity contribution in [3.05, 3.63) is 22.7 Å². The molecule has 1 aromatic carbocycles. The van der Waals surface area contributed by atoms with Crippen LogP contribution in [-0.4, -0.2) is 49.1 Å². The Kier molecular flexibility index (Phi) is 8.96. The molecule has 0 aliphatic heterocycles. The van der Waals surface area contributed by atoms with Crippen molar-refractivity contribution in [2.24, 2.45) is 0 Å². The van der Waals surface area contributed by atoms with Crippen molar-refractivity contribution in [1.82, 2.24) is 10.2 Å². The Morgan fingerprint density at radius 2 is 1.61 bits per heavy atom. The molecule has 1 amide bonds. The van der Waals surface area contributed by atoms with Gasteiger partial charge in [-0.15, -0.1) is 10.2 Å². The maximum Gasteiger partial charge on any atom is 0.257 e. The lowest BCUT2D eigenvalue weighted by molar-refractivity contribution is 0.102. The van der Waals surface area contributed by atoms with Gasteiger partial charge >= 0.3 is 0 Å². The Hall–Kier alpha value is -2.39. The Balaban J connectivity index is 2.19. The van der Waals surface area contributed by atoms with E-state index in [4.69, 9.17) is 18.9 Å². The summed E-state index contributed by atoms with van der Waals surface area (Å²) in [4.78, 5) is 12.7. The van der Waals surface area contributed by atoms with Crippen molar-refractivity contribution < 1.29 is 23.7 Å². The molecule has 154 valence electrons. The molecule has 1 N–H and O–H groups in total. The molecule has 1 heterocycles. The first-order valence-electron chi connectivity index (χ1n) is 9.40. The number of nitrogens with one attached hydrogen (secondary N) is 1. The van der Waals surface area contributed by atoms with Crippen molar-refractivity contribution >= 4 is 22.4 Å². The van der Waals surface area contributed by atoms with E-state index in [0.717, 1.165) is 5.01 Å². The van der Waals surface area contributed by atoms with E-state index in [0.29, 0.717) is 67.4 Å². The Labute approximate surface area is 169 Å². The zero-order valence-corrected chi connectivity index (χ0v) is 17.6. The molecule has 0 fully saturated rings. The maximum absolute atomic E-state index is 12.7. The molecule has 8 nitrogen and oxygen atoms in total. The highest BCUT2D eigenvalue weighted by Crippen LogP contribution is 2.39. The van der Waals surface area contributed by atoms with Crippen LogP contribution in [0.2, 0.25) is 0 Å². The van der Waals surface area contributed by atoms with Gasteiger partial charge in [0, 0.05) is 18.6 Å². The van der Waals surface area contributed by atoms with Crippen LogP contribution in [0, 0.1) is 0 Å². The highest BCUT2D eigenvalue weighted by atomic mass is 32.1. The smallest absolute Gasteiger partial charge is 0.257 e. The van der Waals surface area contributed by atoms with Gasteiger partial charge in [0.25, 0.3) is 5.91 Å². The summed E-state index contributed by atoms with van der Waals surface area (Å²) >= 11 is 1.33. The second-order valence-electron chi connectivity index (χ2n) is 5.50. The molecule has 1 aromatic heterocycles. The zero-order valence-electron chi connectivity index (χ0n) is 16.7. The van der Waals surface area contributed by atoms with Gasteiger partial charge in [0.15, 0.2) is 11.5 Å². The Bertz CT molecular complexity index is 739. The largest absolute Gasteiger partial charge is 0.490 e. The normalized spacial score (nSPS) is 10.6. The zero-order chi connectivity index (χ0) is 20.4. The minimum absolute atomic E-state index is 0.322. The van der Waals surface area contributed by atoms with Crippen molar-refractivity contribution in [3.8, 4) is 17.2 Å². The van der Waals surface area contributed by atoms with Crippen molar-refractivity contribution in [1.29, 1.82) is 0 Å². The summed E-state index contributed by atoms with van der Waals surface area (Å²) in [5.41, 5.74) is 0.390. The van der Waals surface area contributed by atoms with E-state index in [1.54, 1.807) is 12.1 Å². The van der Waals surface area contributed by atoms with Crippen molar-refractivity contribution in [3.63, 3.8) is 0 Å². The third-order valence-electron chi connectivity index (χ3n) is 3.52. The molecule has 2 rings (SSSR count). The lowest BCUT2D eigenvalue weighted by Gasteiger charge is -2.16. The van der Waals surface area contributed by atoms with Crippen LogP contribution < -0.4 is 19.5 Å². The summed E-state index contributed by atoms with van der Waals surface area (Å²) in [7, 11) is 0. The van der Waals surface area contributed by atoms with E-state index >= 15 is 0 Å². The first kappa shape index (κ1) is 21.9. The van der Waals surface area contributed by atoms with E-state index in [-0.39, 0.29) is 5.91 Å². The molecule has 0 spiro atoms. The van der Waals surface area contributed by atoms with Gasteiger partial charge < -0.3 is 18.9 Å². The predicted octanol–water partition coefficient (Wildman–Crippen LogP) is 3.57. The summed E-state index contributed by atoms with van der Waals surface area (Å²) in [6.07, 6.45) is 0.660. The number of carbonyl (C=O) groups is 1. The molecule has 0 aliphatic rings. The molecule has 0 atom stereocenters. The molecule has 0 radical (unpaired) electrons. The molecule has 2 aromatic rings. The number of hydrogen-bond donors (Lipinski definition) is 1. The highest BCUT2D eigenvalue weighted by Gasteiger charge is 2.19. The van der Waals surface area contributed by atoms with E-state index in [2.05, 4.69) is 15.5 Å². The Morgan fingerprint density at radius 1 is 0.964 bits per heavy atom. The number of hydrogen-bond acceptors (Lipinski definition) is 8. The van der Waals surface area contributed by atoms with Gasteiger partial charge in [-0.2, -0.15) is 0 Å². The average molecular weight is 410 g/mol. The van der Waals surface area contributed by atoms with E-state index in [1.165, 1.54) is 11.3 Å². The van der Waals surface area contributed by atoms with Gasteiger partial charge in [0.1, 0.15) is 5.01 Å². The van der Waals surface area contributed by atoms with Crippen LogP contribution in [0.4, 0.5) is 5.13 Å². The fourth-order valence-corrected chi connectivity index (χ4v) is 3.11. The number of benzene rings is 1. The summed E-state index contributed by atoms with van der Waals surface area (Å²) < 4.78 is 22.3. The van der Waals surface area contributed by atoms with Crippen LogP contribution in [0.5, 0.6) is 17.2 Å². The molecule has 0 saturated carbocycles. The van der Waals surface area contributed by atoms with Crippen molar-refractivity contribution in [2.45, 2.75) is 34.1 Å². The standard InChI is InChI=1S/C19H27N3O5S/c1-5-24-10-9-16-21-22-19(28-16)20-18(23)13-11-14(25-6-2)17(27-8-4)15(12-13)26-7-3/h11-12H,5-10H2,1-4H3,(H,20,22,23). The predicted molar refractivity (Wildman–Crippen MR) is 108 cm³/mol. The first-order chi connectivity index (χ1) is 13.6. The molecular formula is C19H27N3O5S. The van der Waals surface area contributed by atoms with Gasteiger partial charge in [-0.05, 0) is 39.8 Å². The number of rotatable bonds is 12. The number of carbonyl (C=O) groups excluding carboxylic acids is 1. The van der Waals surface area contributed by atoms with Gasteiger partial charge in [-0.1, -0.05) is 11.3 Å². The molecule has 0 bridgehead atoms. The topological polar surface area (TPSA) is 91.8 Å². The number of ether oxygens (including phenoxy) is 4. The van der Waals surface area contributed by atoms with Crippen LogP contribution in [-0.2, 0) is 11.2 Å². The molecule has 0 saturated heterocycles. The minimum Gasteiger partial charge on any atom is -0.490 e. The number of aromatic nitrogens is 2. The summed E-state index contributed by atoms with van der Waals surface area (Å²) in [6.45, 7) is 10.1. The SMILES string of the molecule is CCOCCc1nnc(NC(=O)c2cc(OCC)c(OCC)c(OCC)c2)s1. The first-order valence-corrected chi connectivity index (χ1v) is 10.2. The summed E-state index contributed by atoms with van der Waals surface area (Å²) in [5, 5.41) is 12.1. The lowest BCUT2D eigenvalue weighted by atomic mass is 10.1. The maximum atomic E-state index is 12.7. The van der Waals surface area contributed by atoms with E-state index in [9.17, 15) is 4.79 Å². The van der Waals surface area contributed by atoms with Gasteiger partial charge in [0.2, 0.25) is 10.9 Å². The quantitative estimate of drug-likeness (QED) is 0.536. The minimum atomic E-state index is -0.322. The van der Waals surface area contributed by atoms with Crippen LogP contribution >= 0.6 is 11.3 Å². The Morgan fingerprint density at radius 3 is 2.18 bits per heavy atom. The van der Waals surface area contributed by atoms with E-state index in [1.807, 2.05) is 27.7 Å². The summed E-state index contributed by atoms with van der Waals surface area (Å²) in [5.74, 6) is 1.11. The highest BCUT2D eigenvalue weighted by molar-refractivity contribution is 7.15. The molecule has 9 heteroatoms. The monoisotopic (exact) mass is 409 g/mol. The second-order valence-corrected chi connectivity index (χ2v) is 6.56. The van der Waals surface area contributed by atoms with Gasteiger partial charge in [-0.3, -0.25) is 10.1 Å². The van der Waals surface area contributed by atoms with Crippen molar-refractivity contribution in [2.75, 3.05) is 38.4 Å².